The van der Waals surface area contributed by atoms with Gasteiger partial charge in [0.05, 0.1) is 13.2 Å². The van der Waals surface area contributed by atoms with Gasteiger partial charge in [0.25, 0.3) is 0 Å². The maximum absolute atomic E-state index is 5.40. The third-order valence-electron chi connectivity index (χ3n) is 4.77. The molecular formula is C17H23NO. The number of anilines is 1. The van der Waals surface area contributed by atoms with E-state index in [1.165, 1.54) is 28.8 Å². The van der Waals surface area contributed by atoms with E-state index in [0.717, 1.165) is 25.6 Å². The first-order valence-corrected chi connectivity index (χ1v) is 7.29. The highest BCUT2D eigenvalue weighted by atomic mass is 16.5. The van der Waals surface area contributed by atoms with Gasteiger partial charge in [-0.1, -0.05) is 19.1 Å². The molecule has 1 aromatic rings. The van der Waals surface area contributed by atoms with Gasteiger partial charge in [-0.15, -0.1) is 0 Å². The molecule has 0 aromatic heterocycles. The summed E-state index contributed by atoms with van der Waals surface area (Å²) in [5.41, 5.74) is 5.74. The number of fused-ring (bicyclic) bond motifs is 1. The topological polar surface area (TPSA) is 12.5 Å². The molecule has 0 bridgehead atoms. The molecule has 0 saturated heterocycles. The summed E-state index contributed by atoms with van der Waals surface area (Å²) in [7, 11) is 2.21. The van der Waals surface area contributed by atoms with Gasteiger partial charge in [0.1, 0.15) is 0 Å². The number of benzene rings is 1. The van der Waals surface area contributed by atoms with Crippen LogP contribution in [0, 0.1) is 5.92 Å². The van der Waals surface area contributed by atoms with E-state index in [1.807, 2.05) is 0 Å². The predicted molar refractivity (Wildman–Crippen MR) is 80.6 cm³/mol. The highest BCUT2D eigenvalue weighted by Crippen LogP contribution is 2.35. The summed E-state index contributed by atoms with van der Waals surface area (Å²) in [5, 5.41) is 0. The maximum atomic E-state index is 5.40. The average Bonchev–Trinajstić information content (AvgIpc) is 2.45. The highest BCUT2D eigenvalue weighted by molar-refractivity contribution is 5.70. The van der Waals surface area contributed by atoms with E-state index in [9.17, 15) is 0 Å². The molecule has 0 saturated carbocycles. The summed E-state index contributed by atoms with van der Waals surface area (Å²) in [6.45, 7) is 6.29. The first kappa shape index (κ1) is 12.7. The molecule has 0 fully saturated rings. The van der Waals surface area contributed by atoms with Crippen LogP contribution in [0.1, 0.15) is 31.4 Å². The molecule has 0 spiro atoms. The molecule has 102 valence electrons. The number of nitrogens with zero attached hydrogens (tertiary/aromatic N) is 1. The molecule has 0 N–H and O–H groups in total. The quantitative estimate of drug-likeness (QED) is 0.763. The molecule has 2 heterocycles. The van der Waals surface area contributed by atoms with Crippen molar-refractivity contribution in [3.05, 3.63) is 35.4 Å². The van der Waals surface area contributed by atoms with Gasteiger partial charge in [0.2, 0.25) is 0 Å². The largest absolute Gasteiger partial charge is 0.377 e. The lowest BCUT2D eigenvalue weighted by atomic mass is 9.86. The minimum absolute atomic E-state index is 0.626. The summed E-state index contributed by atoms with van der Waals surface area (Å²) in [5.74, 6) is 0.719. The molecule has 0 amide bonds. The number of rotatable bonds is 1. The second-order valence-corrected chi connectivity index (χ2v) is 5.93. The van der Waals surface area contributed by atoms with E-state index in [4.69, 9.17) is 4.74 Å². The molecule has 3 rings (SSSR count). The second kappa shape index (κ2) is 5.01. The fourth-order valence-electron chi connectivity index (χ4n) is 3.20. The Morgan fingerprint density at radius 2 is 2.11 bits per heavy atom. The van der Waals surface area contributed by atoms with Crippen molar-refractivity contribution in [2.45, 2.75) is 32.7 Å². The van der Waals surface area contributed by atoms with Crippen LogP contribution < -0.4 is 4.90 Å². The highest BCUT2D eigenvalue weighted by Gasteiger charge is 2.26. The lowest BCUT2D eigenvalue weighted by Gasteiger charge is -2.38. The van der Waals surface area contributed by atoms with Crippen LogP contribution in [-0.2, 0) is 11.2 Å². The van der Waals surface area contributed by atoms with Crippen molar-refractivity contribution in [3.8, 4) is 0 Å². The summed E-state index contributed by atoms with van der Waals surface area (Å²) in [6.07, 6.45) is 4.46. The zero-order valence-corrected chi connectivity index (χ0v) is 12.1. The zero-order valence-electron chi connectivity index (χ0n) is 12.1. The monoisotopic (exact) mass is 257 g/mol. The van der Waals surface area contributed by atoms with Crippen molar-refractivity contribution in [1.29, 1.82) is 0 Å². The van der Waals surface area contributed by atoms with Crippen LogP contribution in [0.25, 0.3) is 5.57 Å². The van der Waals surface area contributed by atoms with Gasteiger partial charge in [-0.2, -0.15) is 0 Å². The van der Waals surface area contributed by atoms with Crippen LogP contribution in [0.3, 0.4) is 0 Å². The van der Waals surface area contributed by atoms with Crippen LogP contribution in [0.2, 0.25) is 0 Å². The van der Waals surface area contributed by atoms with Crippen molar-refractivity contribution < 1.29 is 4.74 Å². The van der Waals surface area contributed by atoms with Crippen LogP contribution in [0.4, 0.5) is 5.69 Å². The van der Waals surface area contributed by atoms with E-state index in [2.05, 4.69) is 50.1 Å². The van der Waals surface area contributed by atoms with E-state index in [1.54, 1.807) is 0 Å². The molecule has 1 aromatic carbocycles. The van der Waals surface area contributed by atoms with Crippen LogP contribution in [-0.4, -0.2) is 26.3 Å². The van der Waals surface area contributed by atoms with E-state index < -0.39 is 0 Å². The Kier molecular flexibility index (Phi) is 3.36. The molecule has 0 aliphatic carbocycles. The number of hydrogen-bond donors (Lipinski definition) is 0. The van der Waals surface area contributed by atoms with Crippen LogP contribution in [0.15, 0.2) is 24.3 Å². The van der Waals surface area contributed by atoms with Crippen molar-refractivity contribution in [2.24, 2.45) is 5.92 Å². The molecule has 2 atom stereocenters. The van der Waals surface area contributed by atoms with Crippen molar-refractivity contribution in [2.75, 3.05) is 25.2 Å². The first-order valence-electron chi connectivity index (χ1n) is 7.29. The van der Waals surface area contributed by atoms with Gasteiger partial charge in [0.15, 0.2) is 0 Å². The maximum Gasteiger partial charge on any atom is 0.0653 e. The summed E-state index contributed by atoms with van der Waals surface area (Å²) in [4.78, 5) is 2.42. The molecule has 0 radical (unpaired) electrons. The Morgan fingerprint density at radius 3 is 2.84 bits per heavy atom. The Labute approximate surface area is 116 Å². The molecule has 2 aliphatic rings. The van der Waals surface area contributed by atoms with Crippen molar-refractivity contribution in [3.63, 3.8) is 0 Å². The third kappa shape index (κ3) is 2.30. The Balaban J connectivity index is 1.96. The minimum atomic E-state index is 0.626. The van der Waals surface area contributed by atoms with Crippen LogP contribution >= 0.6 is 0 Å². The van der Waals surface area contributed by atoms with Gasteiger partial charge in [0, 0.05) is 18.8 Å². The average molecular weight is 257 g/mol. The molecular weight excluding hydrogens is 234 g/mol. The molecule has 2 heteroatoms. The second-order valence-electron chi connectivity index (χ2n) is 5.93. The third-order valence-corrected chi connectivity index (χ3v) is 4.77. The van der Waals surface area contributed by atoms with Crippen molar-refractivity contribution in [1.82, 2.24) is 0 Å². The molecule has 2 aliphatic heterocycles. The van der Waals surface area contributed by atoms with Gasteiger partial charge >= 0.3 is 0 Å². The van der Waals surface area contributed by atoms with E-state index >= 15 is 0 Å². The SMILES string of the molecule is CC1Cc2cc(C3=CCOCC3)ccc2N(C)[C@H]1C. The Morgan fingerprint density at radius 1 is 1.26 bits per heavy atom. The lowest BCUT2D eigenvalue weighted by Crippen LogP contribution is -2.39. The number of ether oxygens (including phenoxy) is 1. The lowest BCUT2D eigenvalue weighted by molar-refractivity contribution is 0.161. The van der Waals surface area contributed by atoms with Gasteiger partial charge in [-0.3, -0.25) is 0 Å². The van der Waals surface area contributed by atoms with Crippen LogP contribution in [0.5, 0.6) is 0 Å². The smallest absolute Gasteiger partial charge is 0.0653 e. The van der Waals surface area contributed by atoms with E-state index in [-0.39, 0.29) is 0 Å². The van der Waals surface area contributed by atoms with Gasteiger partial charge < -0.3 is 9.64 Å². The van der Waals surface area contributed by atoms with Gasteiger partial charge in [-0.25, -0.2) is 0 Å². The Hall–Kier alpha value is -1.28. The first-order chi connectivity index (χ1) is 9.16. The van der Waals surface area contributed by atoms with Gasteiger partial charge in [-0.05, 0) is 54.5 Å². The van der Waals surface area contributed by atoms with Crippen molar-refractivity contribution >= 4 is 11.3 Å². The summed E-state index contributed by atoms with van der Waals surface area (Å²) < 4.78 is 5.40. The summed E-state index contributed by atoms with van der Waals surface area (Å²) >= 11 is 0. The minimum Gasteiger partial charge on any atom is -0.377 e. The number of hydrogen-bond acceptors (Lipinski definition) is 2. The zero-order chi connectivity index (χ0) is 13.4. The fourth-order valence-corrected chi connectivity index (χ4v) is 3.20. The molecule has 2 nitrogen and oxygen atoms in total. The Bertz CT molecular complexity index is 506. The predicted octanol–water partition coefficient (Wildman–Crippen LogP) is 3.51. The standard InChI is InChI=1S/C17H23NO/c1-12-10-16-11-15(14-6-8-19-9-7-14)4-5-17(16)18(3)13(12)2/h4-6,11-13H,7-10H2,1-3H3/t12?,13-/m0/s1. The summed E-state index contributed by atoms with van der Waals surface area (Å²) in [6, 6.07) is 7.59. The normalized spacial score (nSPS) is 26.9. The fraction of sp³-hybridized carbons (Fsp3) is 0.529. The van der Waals surface area contributed by atoms with E-state index in [0.29, 0.717) is 6.04 Å². The molecule has 19 heavy (non-hydrogen) atoms. The molecule has 1 unspecified atom stereocenters.